The molecule has 1 atom stereocenters. The summed E-state index contributed by atoms with van der Waals surface area (Å²) in [6, 6.07) is 25.8. The van der Waals surface area contributed by atoms with Crippen LogP contribution in [0.4, 0.5) is 0 Å². The number of carbonyl (C=O) groups excluding carboxylic acids is 2. The molecule has 5 heteroatoms. The van der Waals surface area contributed by atoms with Gasteiger partial charge in [-0.15, -0.1) is 0 Å². The highest BCUT2D eigenvalue weighted by Gasteiger charge is 2.39. The van der Waals surface area contributed by atoms with Gasteiger partial charge >= 0.3 is 0 Å². The van der Waals surface area contributed by atoms with Gasteiger partial charge < -0.3 is 10.2 Å². The summed E-state index contributed by atoms with van der Waals surface area (Å²) in [7, 11) is 0. The van der Waals surface area contributed by atoms with Gasteiger partial charge in [0.1, 0.15) is 6.04 Å². The van der Waals surface area contributed by atoms with Crippen LogP contribution in [0, 0.1) is 0 Å². The van der Waals surface area contributed by atoms with Gasteiger partial charge in [0.25, 0.3) is 0 Å². The highest BCUT2D eigenvalue weighted by Crippen LogP contribution is 2.34. The van der Waals surface area contributed by atoms with Crippen LogP contribution in [0.2, 0.25) is 5.02 Å². The number of hydrogen-bond donors (Lipinski definition) is 1. The van der Waals surface area contributed by atoms with Crippen molar-refractivity contribution in [3.63, 3.8) is 0 Å². The SMILES string of the molecule is O=C1NCCN(C(=O)C(c2ccccc2)c2ccccc2)C1c1ccccc1Cl. The Hall–Kier alpha value is -3.11. The first-order valence-corrected chi connectivity index (χ1v) is 9.97. The molecule has 0 saturated carbocycles. The molecular formula is C24H21ClN2O2. The number of carbonyl (C=O) groups is 2. The van der Waals surface area contributed by atoms with Crippen molar-refractivity contribution >= 4 is 23.4 Å². The van der Waals surface area contributed by atoms with Crippen molar-refractivity contribution in [1.82, 2.24) is 10.2 Å². The van der Waals surface area contributed by atoms with E-state index in [1.165, 1.54) is 0 Å². The summed E-state index contributed by atoms with van der Waals surface area (Å²) in [5.41, 5.74) is 2.43. The lowest BCUT2D eigenvalue weighted by Gasteiger charge is -2.38. The van der Waals surface area contributed by atoms with Crippen molar-refractivity contribution in [2.24, 2.45) is 0 Å². The van der Waals surface area contributed by atoms with Gasteiger partial charge in [-0.2, -0.15) is 0 Å². The summed E-state index contributed by atoms with van der Waals surface area (Å²) < 4.78 is 0. The third kappa shape index (κ3) is 3.89. The molecule has 1 heterocycles. The van der Waals surface area contributed by atoms with Crippen LogP contribution < -0.4 is 5.32 Å². The predicted octanol–water partition coefficient (Wildman–Crippen LogP) is 4.17. The Bertz CT molecular complexity index is 968. The molecule has 4 nitrogen and oxygen atoms in total. The predicted molar refractivity (Wildman–Crippen MR) is 114 cm³/mol. The van der Waals surface area contributed by atoms with Crippen molar-refractivity contribution in [2.45, 2.75) is 12.0 Å². The Morgan fingerprint density at radius 1 is 0.897 bits per heavy atom. The molecule has 4 rings (SSSR count). The van der Waals surface area contributed by atoms with E-state index in [9.17, 15) is 9.59 Å². The summed E-state index contributed by atoms with van der Waals surface area (Å²) in [5.74, 6) is -0.812. The fourth-order valence-corrected chi connectivity index (χ4v) is 4.08. The molecule has 2 amide bonds. The van der Waals surface area contributed by atoms with Crippen molar-refractivity contribution in [3.8, 4) is 0 Å². The number of benzene rings is 3. The molecule has 1 aliphatic rings. The van der Waals surface area contributed by atoms with Crippen LogP contribution in [0.1, 0.15) is 28.7 Å². The maximum atomic E-state index is 13.8. The van der Waals surface area contributed by atoms with Gasteiger partial charge in [-0.1, -0.05) is 90.5 Å². The molecule has 0 radical (unpaired) electrons. The molecule has 1 unspecified atom stereocenters. The molecule has 1 N–H and O–H groups in total. The van der Waals surface area contributed by atoms with Gasteiger partial charge in [-0.25, -0.2) is 0 Å². The van der Waals surface area contributed by atoms with Gasteiger partial charge in [-0.3, -0.25) is 9.59 Å². The molecule has 29 heavy (non-hydrogen) atoms. The van der Waals surface area contributed by atoms with Gasteiger partial charge in [0.2, 0.25) is 11.8 Å². The van der Waals surface area contributed by atoms with E-state index in [-0.39, 0.29) is 11.8 Å². The quantitative estimate of drug-likeness (QED) is 0.709. The molecule has 3 aromatic rings. The van der Waals surface area contributed by atoms with Crippen molar-refractivity contribution in [3.05, 3.63) is 107 Å². The maximum absolute atomic E-state index is 13.8. The van der Waals surface area contributed by atoms with Crippen LogP contribution in [0.25, 0.3) is 0 Å². The van der Waals surface area contributed by atoms with Crippen molar-refractivity contribution < 1.29 is 9.59 Å². The van der Waals surface area contributed by atoms with E-state index < -0.39 is 12.0 Å². The monoisotopic (exact) mass is 404 g/mol. The van der Waals surface area contributed by atoms with E-state index >= 15 is 0 Å². The molecule has 1 aliphatic heterocycles. The first-order valence-electron chi connectivity index (χ1n) is 9.59. The highest BCUT2D eigenvalue weighted by atomic mass is 35.5. The summed E-state index contributed by atoms with van der Waals surface area (Å²) in [6.45, 7) is 0.846. The van der Waals surface area contributed by atoms with E-state index in [0.29, 0.717) is 23.7 Å². The van der Waals surface area contributed by atoms with Crippen LogP contribution in [-0.2, 0) is 9.59 Å². The minimum atomic E-state index is -0.750. The van der Waals surface area contributed by atoms with Gasteiger partial charge in [-0.05, 0) is 17.2 Å². The number of hydrogen-bond acceptors (Lipinski definition) is 2. The first kappa shape index (κ1) is 19.2. The number of halogens is 1. The van der Waals surface area contributed by atoms with Crippen molar-refractivity contribution in [1.29, 1.82) is 0 Å². The van der Waals surface area contributed by atoms with E-state index in [4.69, 9.17) is 11.6 Å². The Morgan fingerprint density at radius 3 is 2.03 bits per heavy atom. The number of piperazine rings is 1. The molecule has 1 fully saturated rings. The average Bonchev–Trinajstić information content (AvgIpc) is 2.76. The van der Waals surface area contributed by atoms with Crippen LogP contribution in [0.5, 0.6) is 0 Å². The normalized spacial score (nSPS) is 16.6. The number of rotatable bonds is 4. The molecular weight excluding hydrogens is 384 g/mol. The van der Waals surface area contributed by atoms with Crippen LogP contribution in [-0.4, -0.2) is 29.8 Å². The summed E-state index contributed by atoms with van der Waals surface area (Å²) in [6.07, 6.45) is 0. The largest absolute Gasteiger partial charge is 0.352 e. The lowest BCUT2D eigenvalue weighted by atomic mass is 9.88. The molecule has 0 bridgehead atoms. The number of amides is 2. The van der Waals surface area contributed by atoms with Gasteiger partial charge in [0.05, 0.1) is 5.92 Å². The highest BCUT2D eigenvalue weighted by molar-refractivity contribution is 6.31. The third-order valence-electron chi connectivity index (χ3n) is 5.21. The zero-order valence-corrected chi connectivity index (χ0v) is 16.5. The van der Waals surface area contributed by atoms with Crippen LogP contribution in [0.3, 0.4) is 0 Å². The minimum absolute atomic E-state index is 0.109. The molecule has 0 aliphatic carbocycles. The topological polar surface area (TPSA) is 49.4 Å². The Morgan fingerprint density at radius 2 is 1.45 bits per heavy atom. The van der Waals surface area contributed by atoms with E-state index in [2.05, 4.69) is 5.32 Å². The second-order valence-electron chi connectivity index (χ2n) is 7.00. The standard InChI is InChI=1S/C24H21ClN2O2/c25-20-14-8-7-13-19(20)22-23(28)26-15-16-27(22)24(29)21(17-9-3-1-4-10-17)18-11-5-2-6-12-18/h1-14,21-22H,15-16H2,(H,26,28). The Labute approximate surface area is 175 Å². The van der Waals surface area contributed by atoms with Crippen LogP contribution >= 0.6 is 11.6 Å². The average molecular weight is 405 g/mol. The summed E-state index contributed by atoms with van der Waals surface area (Å²) in [5, 5.41) is 3.34. The fourth-order valence-electron chi connectivity index (χ4n) is 3.84. The Kier molecular flexibility index (Phi) is 5.63. The number of nitrogens with one attached hydrogen (secondary N) is 1. The smallest absolute Gasteiger partial charge is 0.247 e. The van der Waals surface area contributed by atoms with Gasteiger partial charge in [0.15, 0.2) is 0 Å². The summed E-state index contributed by atoms with van der Waals surface area (Å²) in [4.78, 5) is 28.3. The fraction of sp³-hybridized carbons (Fsp3) is 0.167. The maximum Gasteiger partial charge on any atom is 0.247 e. The lowest BCUT2D eigenvalue weighted by molar-refractivity contribution is -0.144. The minimum Gasteiger partial charge on any atom is -0.352 e. The van der Waals surface area contributed by atoms with E-state index in [1.807, 2.05) is 72.8 Å². The second kappa shape index (κ2) is 8.50. The second-order valence-corrected chi connectivity index (χ2v) is 7.41. The zero-order valence-electron chi connectivity index (χ0n) is 15.8. The Balaban J connectivity index is 1.78. The lowest BCUT2D eigenvalue weighted by Crippen LogP contribution is -2.53. The van der Waals surface area contributed by atoms with E-state index in [0.717, 1.165) is 11.1 Å². The molecule has 146 valence electrons. The van der Waals surface area contributed by atoms with Crippen molar-refractivity contribution in [2.75, 3.05) is 13.1 Å². The third-order valence-corrected chi connectivity index (χ3v) is 5.55. The summed E-state index contributed by atoms with van der Waals surface area (Å²) >= 11 is 6.39. The molecule has 1 saturated heterocycles. The first-order chi connectivity index (χ1) is 14.2. The zero-order chi connectivity index (χ0) is 20.2. The van der Waals surface area contributed by atoms with Crippen LogP contribution in [0.15, 0.2) is 84.9 Å². The van der Waals surface area contributed by atoms with E-state index in [1.54, 1.807) is 17.0 Å². The van der Waals surface area contributed by atoms with Gasteiger partial charge in [0, 0.05) is 23.7 Å². The number of nitrogens with zero attached hydrogens (tertiary/aromatic N) is 1. The molecule has 0 aromatic heterocycles. The molecule has 3 aromatic carbocycles. The molecule has 0 spiro atoms.